The molecule has 1 fully saturated rings. The molecule has 1 aliphatic rings. The molecule has 0 aromatic heterocycles. The third-order valence-electron chi connectivity index (χ3n) is 3.65. The predicted molar refractivity (Wildman–Crippen MR) is 70.9 cm³/mol. The molecule has 1 aliphatic heterocycles. The largest absolute Gasteiger partial charge is 0.370 e. The Balaban J connectivity index is 1.95. The second-order valence-corrected chi connectivity index (χ2v) is 4.83. The van der Waals surface area contributed by atoms with Crippen LogP contribution in [0.2, 0.25) is 0 Å². The summed E-state index contributed by atoms with van der Waals surface area (Å²) in [6.45, 7) is 10.2. The lowest BCUT2D eigenvalue weighted by Crippen LogP contribution is -2.56. The Bertz CT molecular complexity index is 341. The molecule has 0 amide bonds. The lowest BCUT2D eigenvalue weighted by molar-refractivity contribution is -0.929. The molecule has 0 saturated carbocycles. The quantitative estimate of drug-likeness (QED) is 0.559. The van der Waals surface area contributed by atoms with Crippen LogP contribution < -0.4 is 0 Å². The fourth-order valence-corrected chi connectivity index (χ4v) is 2.51. The van der Waals surface area contributed by atoms with Gasteiger partial charge in [0.2, 0.25) is 0 Å². The van der Waals surface area contributed by atoms with Gasteiger partial charge in [0, 0.05) is 6.42 Å². The molecule has 2 nitrogen and oxygen atoms in total. The van der Waals surface area contributed by atoms with Gasteiger partial charge in [-0.2, -0.15) is 0 Å². The third kappa shape index (κ3) is 3.42. The molecular weight excluding hydrogens is 210 g/mol. The van der Waals surface area contributed by atoms with E-state index in [0.29, 0.717) is 0 Å². The summed E-state index contributed by atoms with van der Waals surface area (Å²) in [6.07, 6.45) is 3.20. The van der Waals surface area contributed by atoms with E-state index in [1.807, 2.05) is 0 Å². The van der Waals surface area contributed by atoms with E-state index in [1.165, 1.54) is 12.1 Å². The minimum absolute atomic E-state index is 0.891. The molecule has 92 valence electrons. The van der Waals surface area contributed by atoms with Crippen molar-refractivity contribution < 1.29 is 9.22 Å². The van der Waals surface area contributed by atoms with E-state index in [2.05, 4.69) is 43.0 Å². The van der Waals surface area contributed by atoms with Crippen molar-refractivity contribution in [2.75, 3.05) is 39.4 Å². The standard InChI is InChI=1S/C15H22NO/c1-2-9-16(11-13-17-14-12-16)10-8-15-6-4-3-5-7-15/h2-7H,1,8-14H2/q+1. The number of quaternary nitrogens is 1. The van der Waals surface area contributed by atoms with Crippen LogP contribution in [0.1, 0.15) is 5.56 Å². The molecule has 0 aliphatic carbocycles. The highest BCUT2D eigenvalue weighted by molar-refractivity contribution is 5.14. The van der Waals surface area contributed by atoms with Crippen molar-refractivity contribution in [1.29, 1.82) is 0 Å². The van der Waals surface area contributed by atoms with Gasteiger partial charge in [0.1, 0.15) is 13.1 Å². The van der Waals surface area contributed by atoms with Crippen LogP contribution in [0.4, 0.5) is 0 Å². The summed E-state index contributed by atoms with van der Waals surface area (Å²) in [7, 11) is 0. The monoisotopic (exact) mass is 232 g/mol. The predicted octanol–water partition coefficient (Wildman–Crippen LogP) is 2.26. The van der Waals surface area contributed by atoms with E-state index >= 15 is 0 Å². The average Bonchev–Trinajstić information content (AvgIpc) is 2.39. The summed E-state index contributed by atoms with van der Waals surface area (Å²) >= 11 is 0. The molecule has 0 bridgehead atoms. The van der Waals surface area contributed by atoms with Crippen LogP contribution in [-0.2, 0) is 11.2 Å². The van der Waals surface area contributed by atoms with Gasteiger partial charge < -0.3 is 9.22 Å². The van der Waals surface area contributed by atoms with E-state index in [0.717, 1.165) is 43.8 Å². The van der Waals surface area contributed by atoms with E-state index in [4.69, 9.17) is 4.74 Å². The molecular formula is C15H22NO+. The number of ether oxygens (including phenoxy) is 1. The smallest absolute Gasteiger partial charge is 0.103 e. The maximum Gasteiger partial charge on any atom is 0.103 e. The molecule has 1 aromatic carbocycles. The summed E-state index contributed by atoms with van der Waals surface area (Å²) < 4.78 is 6.61. The first kappa shape index (κ1) is 12.3. The first-order valence-corrected chi connectivity index (χ1v) is 6.42. The summed E-state index contributed by atoms with van der Waals surface area (Å²) in [5.41, 5.74) is 1.43. The van der Waals surface area contributed by atoms with E-state index in [-0.39, 0.29) is 0 Å². The SMILES string of the molecule is C=CC[N+]1(CCc2ccccc2)CCOCC1. The molecule has 17 heavy (non-hydrogen) atoms. The molecule has 0 radical (unpaired) electrons. The maximum atomic E-state index is 5.47. The van der Waals surface area contributed by atoms with Gasteiger partial charge in [-0.25, -0.2) is 0 Å². The fraction of sp³-hybridized carbons (Fsp3) is 0.467. The van der Waals surface area contributed by atoms with Gasteiger partial charge in [0.25, 0.3) is 0 Å². The molecule has 2 rings (SSSR count). The van der Waals surface area contributed by atoms with Crippen LogP contribution in [0.25, 0.3) is 0 Å². The summed E-state index contributed by atoms with van der Waals surface area (Å²) in [5.74, 6) is 0. The van der Waals surface area contributed by atoms with Crippen molar-refractivity contribution in [2.24, 2.45) is 0 Å². The van der Waals surface area contributed by atoms with Gasteiger partial charge in [0.15, 0.2) is 0 Å². The molecule has 1 saturated heterocycles. The van der Waals surface area contributed by atoms with Crippen molar-refractivity contribution in [2.45, 2.75) is 6.42 Å². The zero-order chi connectivity index (χ0) is 12.0. The van der Waals surface area contributed by atoms with Crippen molar-refractivity contribution in [3.8, 4) is 0 Å². The average molecular weight is 232 g/mol. The zero-order valence-electron chi connectivity index (χ0n) is 10.5. The van der Waals surface area contributed by atoms with Crippen LogP contribution in [0.3, 0.4) is 0 Å². The number of benzene rings is 1. The summed E-state index contributed by atoms with van der Waals surface area (Å²) in [4.78, 5) is 0. The highest BCUT2D eigenvalue weighted by Crippen LogP contribution is 2.13. The van der Waals surface area contributed by atoms with Crippen molar-refractivity contribution in [3.63, 3.8) is 0 Å². The van der Waals surface area contributed by atoms with Crippen LogP contribution >= 0.6 is 0 Å². The zero-order valence-corrected chi connectivity index (χ0v) is 10.5. The Kier molecular flexibility index (Phi) is 4.35. The lowest BCUT2D eigenvalue weighted by Gasteiger charge is -2.40. The molecule has 0 spiro atoms. The van der Waals surface area contributed by atoms with Crippen LogP contribution in [0.5, 0.6) is 0 Å². The van der Waals surface area contributed by atoms with Gasteiger partial charge >= 0.3 is 0 Å². The lowest BCUT2D eigenvalue weighted by atomic mass is 10.1. The Labute approximate surface area is 104 Å². The maximum absolute atomic E-state index is 5.47. The van der Waals surface area contributed by atoms with Crippen LogP contribution in [0.15, 0.2) is 43.0 Å². The second-order valence-electron chi connectivity index (χ2n) is 4.83. The first-order chi connectivity index (χ1) is 8.35. The Morgan fingerprint density at radius 1 is 1.18 bits per heavy atom. The Morgan fingerprint density at radius 3 is 2.53 bits per heavy atom. The fourth-order valence-electron chi connectivity index (χ4n) is 2.51. The minimum atomic E-state index is 0.891. The van der Waals surface area contributed by atoms with Crippen LogP contribution in [0, 0.1) is 0 Å². The minimum Gasteiger partial charge on any atom is -0.370 e. The topological polar surface area (TPSA) is 9.23 Å². The highest BCUT2D eigenvalue weighted by Gasteiger charge is 2.28. The number of rotatable bonds is 5. The Morgan fingerprint density at radius 2 is 1.88 bits per heavy atom. The molecule has 1 aromatic rings. The number of hydrogen-bond acceptors (Lipinski definition) is 1. The van der Waals surface area contributed by atoms with Crippen LogP contribution in [-0.4, -0.2) is 43.9 Å². The highest BCUT2D eigenvalue weighted by atomic mass is 16.5. The molecule has 0 unspecified atom stereocenters. The molecule has 0 atom stereocenters. The van der Waals surface area contributed by atoms with Gasteiger partial charge in [0.05, 0.1) is 26.3 Å². The normalized spacial score (nSPS) is 18.8. The molecule has 2 heteroatoms. The van der Waals surface area contributed by atoms with Gasteiger partial charge in [-0.3, -0.25) is 0 Å². The van der Waals surface area contributed by atoms with Crippen molar-refractivity contribution >= 4 is 0 Å². The molecule has 1 heterocycles. The number of morpholine rings is 1. The summed E-state index contributed by atoms with van der Waals surface area (Å²) in [5, 5.41) is 0. The third-order valence-corrected chi connectivity index (χ3v) is 3.65. The second kappa shape index (κ2) is 5.99. The van der Waals surface area contributed by atoms with E-state index in [1.54, 1.807) is 0 Å². The van der Waals surface area contributed by atoms with E-state index < -0.39 is 0 Å². The first-order valence-electron chi connectivity index (χ1n) is 6.42. The summed E-state index contributed by atoms with van der Waals surface area (Å²) in [6, 6.07) is 10.7. The van der Waals surface area contributed by atoms with Crippen molar-refractivity contribution in [1.82, 2.24) is 0 Å². The van der Waals surface area contributed by atoms with Gasteiger partial charge in [-0.05, 0) is 11.6 Å². The number of hydrogen-bond donors (Lipinski definition) is 0. The number of nitrogens with zero attached hydrogens (tertiary/aromatic N) is 1. The van der Waals surface area contributed by atoms with Crippen molar-refractivity contribution in [3.05, 3.63) is 48.6 Å². The van der Waals surface area contributed by atoms with Gasteiger partial charge in [-0.1, -0.05) is 36.9 Å². The molecule has 0 N–H and O–H groups in total. The van der Waals surface area contributed by atoms with Gasteiger partial charge in [-0.15, -0.1) is 0 Å². The Hall–Kier alpha value is -1.12. The van der Waals surface area contributed by atoms with E-state index in [9.17, 15) is 0 Å².